The fourth-order valence-corrected chi connectivity index (χ4v) is 1.06. The molecule has 70 valence electrons. The van der Waals surface area contributed by atoms with Gasteiger partial charge in [-0.05, 0) is 5.56 Å². The van der Waals surface area contributed by atoms with Crippen LogP contribution in [-0.2, 0) is 11.2 Å². The molecule has 0 aliphatic carbocycles. The molecule has 0 aliphatic rings. The van der Waals surface area contributed by atoms with Gasteiger partial charge < -0.3 is 15.9 Å². The van der Waals surface area contributed by atoms with E-state index in [1.54, 1.807) is 18.2 Å². The van der Waals surface area contributed by atoms with Crippen molar-refractivity contribution in [3.05, 3.63) is 35.4 Å². The van der Waals surface area contributed by atoms with Gasteiger partial charge in [0.05, 0.1) is 6.42 Å². The summed E-state index contributed by atoms with van der Waals surface area (Å²) in [4.78, 5) is 10.5. The number of rotatable bonds is 3. The lowest BCUT2D eigenvalue weighted by molar-refractivity contribution is -0.117. The van der Waals surface area contributed by atoms with Gasteiger partial charge in [0, 0.05) is 5.56 Å². The van der Waals surface area contributed by atoms with E-state index in [1.165, 1.54) is 6.07 Å². The molecule has 0 saturated carbocycles. The Hall–Kier alpha value is -1.39. The summed E-state index contributed by atoms with van der Waals surface area (Å²) >= 11 is 0. The first-order valence-electron chi connectivity index (χ1n) is 3.83. The second kappa shape index (κ2) is 4.02. The molecule has 0 saturated heterocycles. The molecule has 4 nitrogen and oxygen atoms in total. The van der Waals surface area contributed by atoms with Crippen molar-refractivity contribution in [2.24, 2.45) is 5.73 Å². The monoisotopic (exact) mass is 181 g/mol. The quantitative estimate of drug-likeness (QED) is 0.560. The third kappa shape index (κ3) is 2.85. The maximum absolute atomic E-state index is 10.5. The molecule has 13 heavy (non-hydrogen) atoms. The highest BCUT2D eigenvalue weighted by Gasteiger charge is 2.04. The number of nitrogens with two attached hydrogens (primary N) is 1. The Balaban J connectivity index is 2.85. The number of hydrogen-bond acceptors (Lipinski definition) is 3. The minimum atomic E-state index is -1.51. The molecule has 0 bridgehead atoms. The van der Waals surface area contributed by atoms with Gasteiger partial charge in [0.25, 0.3) is 0 Å². The number of aliphatic hydroxyl groups excluding tert-OH is 1. The van der Waals surface area contributed by atoms with E-state index in [0.29, 0.717) is 11.1 Å². The summed E-state index contributed by atoms with van der Waals surface area (Å²) in [5.74, 6) is -0.440. The van der Waals surface area contributed by atoms with Gasteiger partial charge in [0.2, 0.25) is 5.91 Å². The van der Waals surface area contributed by atoms with E-state index in [2.05, 4.69) is 0 Å². The predicted octanol–water partition coefficient (Wildman–Crippen LogP) is -0.302. The van der Waals surface area contributed by atoms with Crippen molar-refractivity contribution in [2.45, 2.75) is 12.7 Å². The van der Waals surface area contributed by atoms with Gasteiger partial charge in [-0.25, -0.2) is 0 Å². The largest absolute Gasteiger partial charge is 0.369 e. The van der Waals surface area contributed by atoms with E-state index >= 15 is 0 Å². The standard InChI is InChI=1S/C9H11NO3/c10-8(11)5-6-2-1-3-7(4-6)9(12)13/h1-4,9,12-13H,5H2,(H2,10,11). The summed E-state index contributed by atoms with van der Waals surface area (Å²) in [6.07, 6.45) is -1.39. The molecule has 1 aromatic carbocycles. The number of hydrogen-bond donors (Lipinski definition) is 3. The van der Waals surface area contributed by atoms with Crippen molar-refractivity contribution >= 4 is 5.91 Å². The zero-order valence-corrected chi connectivity index (χ0v) is 6.97. The number of aliphatic hydroxyl groups is 2. The van der Waals surface area contributed by atoms with Crippen molar-refractivity contribution in [3.8, 4) is 0 Å². The van der Waals surface area contributed by atoms with Gasteiger partial charge in [-0.3, -0.25) is 4.79 Å². The van der Waals surface area contributed by atoms with Gasteiger partial charge in [0.15, 0.2) is 6.29 Å². The maximum Gasteiger partial charge on any atom is 0.221 e. The van der Waals surface area contributed by atoms with Crippen LogP contribution in [0.4, 0.5) is 0 Å². The first kappa shape index (κ1) is 9.70. The summed E-state index contributed by atoms with van der Waals surface area (Å²) < 4.78 is 0. The lowest BCUT2D eigenvalue weighted by Gasteiger charge is -2.04. The molecule has 0 aliphatic heterocycles. The molecule has 0 heterocycles. The fraction of sp³-hybridized carbons (Fsp3) is 0.222. The molecule has 4 N–H and O–H groups in total. The molecule has 0 fully saturated rings. The molecule has 1 aromatic rings. The predicted molar refractivity (Wildman–Crippen MR) is 46.5 cm³/mol. The first-order chi connectivity index (χ1) is 6.09. The number of carbonyl (C=O) groups is 1. The van der Waals surface area contributed by atoms with Gasteiger partial charge in [-0.1, -0.05) is 24.3 Å². The Bertz CT molecular complexity index is 309. The molecule has 1 rings (SSSR count). The van der Waals surface area contributed by atoms with E-state index in [9.17, 15) is 4.79 Å². The average molecular weight is 181 g/mol. The smallest absolute Gasteiger partial charge is 0.221 e. The van der Waals surface area contributed by atoms with Crippen molar-refractivity contribution in [2.75, 3.05) is 0 Å². The van der Waals surface area contributed by atoms with Crippen molar-refractivity contribution < 1.29 is 15.0 Å². The van der Waals surface area contributed by atoms with Crippen LogP contribution in [0.3, 0.4) is 0 Å². The third-order valence-electron chi connectivity index (χ3n) is 1.63. The van der Waals surface area contributed by atoms with Crippen molar-refractivity contribution in [1.82, 2.24) is 0 Å². The lowest BCUT2D eigenvalue weighted by atomic mass is 10.1. The molecule has 0 unspecified atom stereocenters. The number of benzene rings is 1. The Kier molecular flexibility index (Phi) is 3.00. The summed E-state index contributed by atoms with van der Waals surface area (Å²) in [7, 11) is 0. The molecule has 0 atom stereocenters. The first-order valence-corrected chi connectivity index (χ1v) is 3.83. The van der Waals surface area contributed by atoms with E-state index in [4.69, 9.17) is 15.9 Å². The number of carbonyl (C=O) groups excluding carboxylic acids is 1. The van der Waals surface area contributed by atoms with Gasteiger partial charge in [-0.2, -0.15) is 0 Å². The van der Waals surface area contributed by atoms with Crippen LogP contribution in [0.5, 0.6) is 0 Å². The lowest BCUT2D eigenvalue weighted by Crippen LogP contribution is -2.13. The number of primary amides is 1. The van der Waals surface area contributed by atoms with E-state index in [-0.39, 0.29) is 6.42 Å². The average Bonchev–Trinajstić information content (AvgIpc) is 2.03. The zero-order valence-electron chi connectivity index (χ0n) is 6.97. The molecule has 0 spiro atoms. The minimum absolute atomic E-state index is 0.112. The zero-order chi connectivity index (χ0) is 9.84. The summed E-state index contributed by atoms with van der Waals surface area (Å²) in [5, 5.41) is 17.6. The van der Waals surface area contributed by atoms with Crippen LogP contribution in [-0.4, -0.2) is 16.1 Å². The highest BCUT2D eigenvalue weighted by Crippen LogP contribution is 2.11. The Morgan fingerprint density at radius 3 is 2.69 bits per heavy atom. The second-order valence-corrected chi connectivity index (χ2v) is 2.76. The molecule has 4 heteroatoms. The molecular weight excluding hydrogens is 170 g/mol. The second-order valence-electron chi connectivity index (χ2n) is 2.76. The van der Waals surface area contributed by atoms with Crippen LogP contribution >= 0.6 is 0 Å². The highest BCUT2D eigenvalue weighted by molar-refractivity contribution is 5.76. The van der Waals surface area contributed by atoms with Crippen LogP contribution in [0.1, 0.15) is 17.4 Å². The molecule has 0 radical (unpaired) electrons. The fourth-order valence-electron chi connectivity index (χ4n) is 1.06. The molecule has 1 amide bonds. The summed E-state index contributed by atoms with van der Waals surface area (Å²) in [6.45, 7) is 0. The maximum atomic E-state index is 10.5. The van der Waals surface area contributed by atoms with Gasteiger partial charge >= 0.3 is 0 Å². The van der Waals surface area contributed by atoms with Gasteiger partial charge in [-0.15, -0.1) is 0 Å². The van der Waals surface area contributed by atoms with E-state index in [0.717, 1.165) is 0 Å². The van der Waals surface area contributed by atoms with Crippen LogP contribution < -0.4 is 5.73 Å². The van der Waals surface area contributed by atoms with Crippen molar-refractivity contribution in [3.63, 3.8) is 0 Å². The van der Waals surface area contributed by atoms with E-state index < -0.39 is 12.2 Å². The summed E-state index contributed by atoms with van der Waals surface area (Å²) in [5.41, 5.74) is 6.03. The Morgan fingerprint density at radius 2 is 2.15 bits per heavy atom. The van der Waals surface area contributed by atoms with Crippen LogP contribution in [0.2, 0.25) is 0 Å². The number of amides is 1. The normalized spacial score (nSPS) is 10.4. The van der Waals surface area contributed by atoms with Crippen LogP contribution in [0.25, 0.3) is 0 Å². The van der Waals surface area contributed by atoms with Crippen LogP contribution in [0.15, 0.2) is 24.3 Å². The molecule has 0 aromatic heterocycles. The summed E-state index contributed by atoms with van der Waals surface area (Å²) in [6, 6.07) is 6.45. The topological polar surface area (TPSA) is 83.6 Å². The third-order valence-corrected chi connectivity index (χ3v) is 1.63. The Labute approximate surface area is 75.6 Å². The van der Waals surface area contributed by atoms with Crippen molar-refractivity contribution in [1.29, 1.82) is 0 Å². The Morgan fingerprint density at radius 1 is 1.46 bits per heavy atom. The van der Waals surface area contributed by atoms with Crippen LogP contribution in [0, 0.1) is 0 Å². The van der Waals surface area contributed by atoms with Gasteiger partial charge in [0.1, 0.15) is 0 Å². The minimum Gasteiger partial charge on any atom is -0.369 e. The van der Waals surface area contributed by atoms with E-state index in [1.807, 2.05) is 0 Å². The molecular formula is C9H11NO3. The highest BCUT2D eigenvalue weighted by atomic mass is 16.5. The SMILES string of the molecule is NC(=O)Cc1cccc(C(O)O)c1.